The predicted molar refractivity (Wildman–Crippen MR) is 91.0 cm³/mol. The Morgan fingerprint density at radius 1 is 1.00 bits per heavy atom. The molecule has 0 aromatic rings. The fourth-order valence-electron chi connectivity index (χ4n) is 4.45. The summed E-state index contributed by atoms with van der Waals surface area (Å²) in [5.41, 5.74) is -3.30. The van der Waals surface area contributed by atoms with Gasteiger partial charge in [0.25, 0.3) is 0 Å². The van der Waals surface area contributed by atoms with E-state index in [-0.39, 0.29) is 5.90 Å². The maximum Gasteiger partial charge on any atom is 0.214 e. The molecule has 6 heteroatoms. The summed E-state index contributed by atoms with van der Waals surface area (Å²) < 4.78 is 11.8. The van der Waals surface area contributed by atoms with Gasteiger partial charge in [0.15, 0.2) is 10.8 Å². The molecule has 2 saturated heterocycles. The first-order valence-electron chi connectivity index (χ1n) is 9.12. The summed E-state index contributed by atoms with van der Waals surface area (Å²) in [7, 11) is 0. The maximum atomic E-state index is 10.0. The molecule has 2 aliphatic rings. The Kier molecular flexibility index (Phi) is 5.40. The number of unbranched alkanes of at least 4 members (excludes halogenated alkanes) is 3. The molecular weight excluding hydrogens is 316 g/mol. The van der Waals surface area contributed by atoms with Gasteiger partial charge in [-0.25, -0.2) is 0 Å². The van der Waals surface area contributed by atoms with Gasteiger partial charge in [-0.3, -0.25) is 5.41 Å². The Hall–Kier alpha value is -2.10. The van der Waals surface area contributed by atoms with Crippen molar-refractivity contribution in [2.45, 2.75) is 77.6 Å². The van der Waals surface area contributed by atoms with Crippen LogP contribution in [0.15, 0.2) is 0 Å². The summed E-state index contributed by atoms with van der Waals surface area (Å²) >= 11 is 0. The summed E-state index contributed by atoms with van der Waals surface area (Å²) in [5.74, 6) is -1.93. The SMILES string of the molecule is CCCCCCC1OC2(C)OC(=N)C(C#N)(C2CCC)C1(C#N)C#N. The molecule has 1 N–H and O–H groups in total. The fraction of sp³-hybridized carbons (Fsp3) is 0.789. The van der Waals surface area contributed by atoms with E-state index in [1.807, 2.05) is 6.92 Å². The molecule has 0 spiro atoms. The van der Waals surface area contributed by atoms with E-state index in [1.165, 1.54) is 0 Å². The molecule has 2 rings (SSSR count). The van der Waals surface area contributed by atoms with Crippen molar-refractivity contribution in [3.05, 3.63) is 0 Å². The number of ether oxygens (including phenoxy) is 2. The lowest BCUT2D eigenvalue weighted by atomic mass is 9.53. The standard InChI is InChI=1S/C19H26N4O2/c1-4-6-7-8-10-15-18(11-20,12-21)19(13-22)14(9-5-2)17(3,24-15)25-16(19)23/h14-15,23H,4-10H2,1-3H3. The molecule has 0 aromatic heterocycles. The first-order valence-corrected chi connectivity index (χ1v) is 9.12. The Labute approximate surface area is 149 Å². The van der Waals surface area contributed by atoms with Gasteiger partial charge in [-0.15, -0.1) is 0 Å². The van der Waals surface area contributed by atoms with E-state index in [0.29, 0.717) is 12.8 Å². The topological polar surface area (TPSA) is 114 Å². The van der Waals surface area contributed by atoms with Gasteiger partial charge >= 0.3 is 0 Å². The lowest BCUT2D eigenvalue weighted by Crippen LogP contribution is -2.61. The average Bonchev–Trinajstić information content (AvgIpc) is 2.76. The zero-order valence-corrected chi connectivity index (χ0v) is 15.3. The molecule has 2 aliphatic heterocycles. The van der Waals surface area contributed by atoms with Crippen LogP contribution in [0, 0.1) is 56.2 Å². The molecule has 0 amide bonds. The van der Waals surface area contributed by atoms with Crippen LogP contribution in [0.5, 0.6) is 0 Å². The summed E-state index contributed by atoms with van der Waals surface area (Å²) in [6, 6.07) is 6.34. The molecule has 0 aromatic carbocycles. The van der Waals surface area contributed by atoms with Gasteiger partial charge in [-0.2, -0.15) is 15.8 Å². The number of nitriles is 3. The molecule has 4 unspecified atom stereocenters. The van der Waals surface area contributed by atoms with Gasteiger partial charge in [0.2, 0.25) is 11.7 Å². The van der Waals surface area contributed by atoms with Crippen molar-refractivity contribution >= 4 is 5.90 Å². The fourth-order valence-corrected chi connectivity index (χ4v) is 4.45. The van der Waals surface area contributed by atoms with E-state index >= 15 is 0 Å². The highest BCUT2D eigenvalue weighted by molar-refractivity contribution is 5.89. The largest absolute Gasteiger partial charge is 0.448 e. The van der Waals surface area contributed by atoms with Crippen molar-refractivity contribution in [3.63, 3.8) is 0 Å². The van der Waals surface area contributed by atoms with Gasteiger partial charge < -0.3 is 9.47 Å². The molecule has 0 aliphatic carbocycles. The number of hydrogen-bond acceptors (Lipinski definition) is 6. The van der Waals surface area contributed by atoms with Crippen LogP contribution in [0.25, 0.3) is 0 Å². The van der Waals surface area contributed by atoms with Crippen LogP contribution < -0.4 is 0 Å². The van der Waals surface area contributed by atoms with Gasteiger partial charge in [0.05, 0.1) is 30.2 Å². The van der Waals surface area contributed by atoms with Crippen molar-refractivity contribution in [2.75, 3.05) is 0 Å². The first kappa shape index (κ1) is 19.2. The van der Waals surface area contributed by atoms with Crippen molar-refractivity contribution in [3.8, 4) is 18.2 Å². The lowest BCUT2D eigenvalue weighted by molar-refractivity contribution is -0.272. The first-order chi connectivity index (χ1) is 11.9. The zero-order chi connectivity index (χ0) is 18.7. The highest BCUT2D eigenvalue weighted by atomic mass is 16.7. The molecule has 6 nitrogen and oxygen atoms in total. The van der Waals surface area contributed by atoms with Crippen LogP contribution in [0.1, 0.15) is 65.7 Å². The second-order valence-electron chi connectivity index (χ2n) is 7.20. The van der Waals surface area contributed by atoms with Crippen LogP contribution in [-0.4, -0.2) is 17.8 Å². The molecule has 0 saturated carbocycles. The molecule has 2 bridgehead atoms. The second kappa shape index (κ2) is 7.03. The third-order valence-electron chi connectivity index (χ3n) is 5.73. The minimum atomic E-state index is -1.72. The summed E-state index contributed by atoms with van der Waals surface area (Å²) in [6.45, 7) is 5.82. The smallest absolute Gasteiger partial charge is 0.214 e. The molecule has 2 heterocycles. The van der Waals surface area contributed by atoms with Gasteiger partial charge in [0.1, 0.15) is 0 Å². The Morgan fingerprint density at radius 2 is 1.68 bits per heavy atom. The molecule has 134 valence electrons. The van der Waals surface area contributed by atoms with Crippen molar-refractivity contribution < 1.29 is 9.47 Å². The maximum absolute atomic E-state index is 10.0. The summed E-state index contributed by atoms with van der Waals surface area (Å²) in [5, 5.41) is 38.3. The number of nitrogens with one attached hydrogen (secondary N) is 1. The number of nitrogens with zero attached hydrogens (tertiary/aromatic N) is 3. The second-order valence-corrected chi connectivity index (χ2v) is 7.20. The quantitative estimate of drug-likeness (QED) is 0.701. The van der Waals surface area contributed by atoms with E-state index in [4.69, 9.17) is 14.9 Å². The molecule has 4 atom stereocenters. The zero-order valence-electron chi connectivity index (χ0n) is 15.3. The van der Waals surface area contributed by atoms with E-state index in [2.05, 4.69) is 25.1 Å². The molecular formula is C19H26N4O2. The Morgan fingerprint density at radius 3 is 2.20 bits per heavy atom. The number of fused-ring (bicyclic) bond motifs is 2. The van der Waals surface area contributed by atoms with Crippen molar-refractivity contribution in [1.29, 1.82) is 21.2 Å². The molecule has 0 radical (unpaired) electrons. The van der Waals surface area contributed by atoms with Crippen LogP contribution in [0.4, 0.5) is 0 Å². The number of hydrogen-bond donors (Lipinski definition) is 1. The van der Waals surface area contributed by atoms with E-state index < -0.39 is 28.6 Å². The normalized spacial score (nSPS) is 35.3. The summed E-state index contributed by atoms with van der Waals surface area (Å²) in [4.78, 5) is 0. The van der Waals surface area contributed by atoms with Crippen LogP contribution in [0.3, 0.4) is 0 Å². The monoisotopic (exact) mass is 342 g/mol. The highest BCUT2D eigenvalue weighted by Gasteiger charge is 2.78. The number of rotatable bonds is 7. The minimum Gasteiger partial charge on any atom is -0.448 e. The minimum absolute atomic E-state index is 0.296. The van der Waals surface area contributed by atoms with E-state index in [1.54, 1.807) is 6.92 Å². The van der Waals surface area contributed by atoms with Crippen LogP contribution in [0.2, 0.25) is 0 Å². The highest BCUT2D eigenvalue weighted by Crippen LogP contribution is 2.64. The van der Waals surface area contributed by atoms with Crippen LogP contribution >= 0.6 is 0 Å². The Bertz CT molecular complexity index is 642. The van der Waals surface area contributed by atoms with Gasteiger partial charge in [0, 0.05) is 6.92 Å². The van der Waals surface area contributed by atoms with Crippen molar-refractivity contribution in [2.24, 2.45) is 16.7 Å². The third-order valence-corrected chi connectivity index (χ3v) is 5.73. The average molecular weight is 342 g/mol. The van der Waals surface area contributed by atoms with Gasteiger partial charge in [-0.1, -0.05) is 46.0 Å². The predicted octanol–water partition coefficient (Wildman–Crippen LogP) is 4.04. The molecule has 2 fully saturated rings. The Balaban J connectivity index is 2.51. The third kappa shape index (κ3) is 2.50. The summed E-state index contributed by atoms with van der Waals surface area (Å²) in [6.07, 6.45) is 5.03. The van der Waals surface area contributed by atoms with E-state index in [9.17, 15) is 15.8 Å². The lowest BCUT2D eigenvalue weighted by Gasteiger charge is -2.48. The van der Waals surface area contributed by atoms with Crippen LogP contribution in [-0.2, 0) is 9.47 Å². The van der Waals surface area contributed by atoms with Crippen molar-refractivity contribution in [1.82, 2.24) is 0 Å². The van der Waals surface area contributed by atoms with E-state index in [0.717, 1.165) is 32.1 Å². The van der Waals surface area contributed by atoms with Gasteiger partial charge in [-0.05, 0) is 12.8 Å². The molecule has 25 heavy (non-hydrogen) atoms.